The van der Waals surface area contributed by atoms with Crippen LogP contribution >= 0.6 is 0 Å². The van der Waals surface area contributed by atoms with E-state index in [9.17, 15) is 0 Å². The molecule has 0 spiro atoms. The monoisotopic (exact) mass is 324 g/mol. The first-order valence-corrected chi connectivity index (χ1v) is 8.75. The van der Waals surface area contributed by atoms with Crippen molar-refractivity contribution in [3.63, 3.8) is 0 Å². The number of hydrogen-bond donors (Lipinski definition) is 0. The molecule has 0 unspecified atom stereocenters. The molecule has 1 aliphatic heterocycles. The van der Waals surface area contributed by atoms with Gasteiger partial charge in [0.1, 0.15) is 18.1 Å². The van der Waals surface area contributed by atoms with Gasteiger partial charge in [-0.2, -0.15) is 0 Å². The van der Waals surface area contributed by atoms with Gasteiger partial charge in [-0.25, -0.2) is 0 Å². The topological polar surface area (TPSA) is 34.6 Å². The van der Waals surface area contributed by atoms with Crippen molar-refractivity contribution in [1.82, 2.24) is 9.88 Å². The van der Waals surface area contributed by atoms with Crippen molar-refractivity contribution in [3.8, 4) is 11.5 Å². The molecule has 1 aliphatic carbocycles. The van der Waals surface area contributed by atoms with E-state index >= 15 is 0 Å². The Hall–Kier alpha value is -2.07. The number of piperidine rings is 1. The van der Waals surface area contributed by atoms with Gasteiger partial charge >= 0.3 is 0 Å². The normalized spacial score (nSPS) is 25.8. The van der Waals surface area contributed by atoms with Crippen LogP contribution in [0.25, 0.3) is 0 Å². The summed E-state index contributed by atoms with van der Waals surface area (Å²) >= 11 is 0. The molecule has 0 N–H and O–H groups in total. The largest absolute Gasteiger partial charge is 0.497 e. The Bertz CT molecular complexity index is 676. The Morgan fingerprint density at radius 2 is 2.08 bits per heavy atom. The molecule has 2 aromatic rings. The first-order valence-electron chi connectivity index (χ1n) is 8.75. The van der Waals surface area contributed by atoms with Gasteiger partial charge in [0.15, 0.2) is 0 Å². The Labute approximate surface area is 143 Å². The summed E-state index contributed by atoms with van der Waals surface area (Å²) in [5.74, 6) is 2.49. The number of nitrogens with zero attached hydrogens (tertiary/aromatic N) is 2. The molecule has 2 aliphatic rings. The van der Waals surface area contributed by atoms with Crippen molar-refractivity contribution in [2.75, 3.05) is 13.7 Å². The lowest BCUT2D eigenvalue weighted by atomic mass is 9.99. The third-order valence-electron chi connectivity index (χ3n) is 5.43. The number of methoxy groups -OCH3 is 1. The maximum Gasteiger partial charge on any atom is 0.123 e. The van der Waals surface area contributed by atoms with Gasteiger partial charge in [0.05, 0.1) is 7.11 Å². The van der Waals surface area contributed by atoms with Crippen LogP contribution in [0.4, 0.5) is 0 Å². The van der Waals surface area contributed by atoms with Crippen molar-refractivity contribution in [2.45, 2.75) is 37.9 Å². The Morgan fingerprint density at radius 3 is 2.92 bits per heavy atom. The van der Waals surface area contributed by atoms with E-state index in [0.29, 0.717) is 12.1 Å². The third kappa shape index (κ3) is 3.11. The van der Waals surface area contributed by atoms with Crippen LogP contribution in [0, 0.1) is 5.92 Å². The van der Waals surface area contributed by atoms with Crippen LogP contribution < -0.4 is 9.47 Å². The van der Waals surface area contributed by atoms with Crippen molar-refractivity contribution in [3.05, 3.63) is 54.4 Å². The second-order valence-corrected chi connectivity index (χ2v) is 6.82. The van der Waals surface area contributed by atoms with Gasteiger partial charge in [-0.3, -0.25) is 9.88 Å². The highest BCUT2D eigenvalue weighted by atomic mass is 16.5. The van der Waals surface area contributed by atoms with Crippen LogP contribution in [0.1, 0.15) is 24.8 Å². The van der Waals surface area contributed by atoms with Gasteiger partial charge in [-0.1, -0.05) is 12.1 Å². The Morgan fingerprint density at radius 1 is 1.17 bits per heavy atom. The average Bonchev–Trinajstić information content (AvgIpc) is 3.23. The summed E-state index contributed by atoms with van der Waals surface area (Å²) in [5, 5.41) is 0. The van der Waals surface area contributed by atoms with Crippen molar-refractivity contribution in [2.24, 2.45) is 5.92 Å². The van der Waals surface area contributed by atoms with Crippen molar-refractivity contribution in [1.29, 1.82) is 0 Å². The summed E-state index contributed by atoms with van der Waals surface area (Å²) in [6.07, 6.45) is 7.78. The van der Waals surface area contributed by atoms with Gasteiger partial charge in [-0.15, -0.1) is 0 Å². The third-order valence-corrected chi connectivity index (χ3v) is 5.43. The average molecular weight is 324 g/mol. The standard InChI is InChI=1S/C20H24N2O2/c1-23-18-5-2-6-19(11-18)24-14-20-16-7-8-17(10-16)22(20)13-15-4-3-9-21-12-15/h2-6,9,11-12,16-17,20H,7-8,10,13-14H2,1H3/t16-,17-,20+/m1/s1. The highest BCUT2D eigenvalue weighted by Gasteiger charge is 2.45. The van der Waals surface area contributed by atoms with Crippen LogP contribution in [0.2, 0.25) is 0 Å². The molecule has 1 aromatic carbocycles. The van der Waals surface area contributed by atoms with E-state index in [2.05, 4.69) is 16.0 Å². The highest BCUT2D eigenvalue weighted by molar-refractivity contribution is 5.32. The molecule has 2 heterocycles. The zero-order valence-corrected chi connectivity index (χ0v) is 14.1. The maximum atomic E-state index is 6.12. The summed E-state index contributed by atoms with van der Waals surface area (Å²) in [4.78, 5) is 6.89. The molecular formula is C20H24N2O2. The number of rotatable bonds is 6. The number of aromatic nitrogens is 1. The van der Waals surface area contributed by atoms with E-state index < -0.39 is 0 Å². The number of likely N-dealkylation sites (tertiary alicyclic amines) is 1. The number of fused-ring (bicyclic) bond motifs is 2. The Kier molecular flexibility index (Phi) is 4.39. The second kappa shape index (κ2) is 6.81. The number of pyridine rings is 1. The minimum Gasteiger partial charge on any atom is -0.497 e. The smallest absolute Gasteiger partial charge is 0.123 e. The fourth-order valence-corrected chi connectivity index (χ4v) is 4.24. The molecule has 24 heavy (non-hydrogen) atoms. The highest BCUT2D eigenvalue weighted by Crippen LogP contribution is 2.43. The molecule has 4 rings (SSSR count). The van der Waals surface area contributed by atoms with Crippen LogP contribution in [-0.4, -0.2) is 35.7 Å². The first kappa shape index (κ1) is 15.5. The Balaban J connectivity index is 1.44. The minimum atomic E-state index is 0.496. The summed E-state index contributed by atoms with van der Waals surface area (Å²) < 4.78 is 11.4. The fourth-order valence-electron chi connectivity index (χ4n) is 4.24. The lowest BCUT2D eigenvalue weighted by molar-refractivity contribution is 0.0866. The molecule has 0 radical (unpaired) electrons. The molecule has 126 valence electrons. The summed E-state index contributed by atoms with van der Waals surface area (Å²) in [5.41, 5.74) is 1.29. The number of benzene rings is 1. The number of hydrogen-bond acceptors (Lipinski definition) is 4. The van der Waals surface area contributed by atoms with Gasteiger partial charge in [-0.05, 0) is 48.9 Å². The molecule has 4 heteroatoms. The molecule has 4 nitrogen and oxygen atoms in total. The van der Waals surface area contributed by atoms with Crippen molar-refractivity contribution >= 4 is 0 Å². The number of ether oxygens (including phenoxy) is 2. The summed E-state index contributed by atoms with van der Waals surface area (Å²) in [6, 6.07) is 13.3. The van der Waals surface area contributed by atoms with Gasteiger partial charge < -0.3 is 9.47 Å². The van der Waals surface area contributed by atoms with Crippen LogP contribution in [-0.2, 0) is 6.54 Å². The van der Waals surface area contributed by atoms with E-state index in [1.54, 1.807) is 7.11 Å². The molecule has 2 fully saturated rings. The minimum absolute atomic E-state index is 0.496. The van der Waals surface area contributed by atoms with Gasteiger partial charge in [0, 0.05) is 37.1 Å². The molecule has 3 atom stereocenters. The summed E-state index contributed by atoms with van der Waals surface area (Å²) in [6.45, 7) is 1.72. The zero-order valence-electron chi connectivity index (χ0n) is 14.1. The predicted molar refractivity (Wildman–Crippen MR) is 93.2 cm³/mol. The van der Waals surface area contributed by atoms with Gasteiger partial charge in [0.2, 0.25) is 0 Å². The molecule has 1 saturated heterocycles. The molecule has 1 saturated carbocycles. The predicted octanol–water partition coefficient (Wildman–Crippen LogP) is 3.52. The lowest BCUT2D eigenvalue weighted by Gasteiger charge is -2.35. The SMILES string of the molecule is COc1cccc(OC[C@H]2[C@@H]3CC[C@H](C3)N2Cc2cccnc2)c1. The quantitative estimate of drug-likeness (QED) is 0.814. The first-order chi connectivity index (χ1) is 11.8. The van der Waals surface area contributed by atoms with E-state index in [4.69, 9.17) is 9.47 Å². The maximum absolute atomic E-state index is 6.12. The molecular weight excluding hydrogens is 300 g/mol. The van der Waals surface area contributed by atoms with E-state index in [-0.39, 0.29) is 0 Å². The van der Waals surface area contributed by atoms with Gasteiger partial charge in [0.25, 0.3) is 0 Å². The van der Waals surface area contributed by atoms with Crippen molar-refractivity contribution < 1.29 is 9.47 Å². The zero-order chi connectivity index (χ0) is 16.4. The second-order valence-electron chi connectivity index (χ2n) is 6.82. The van der Waals surface area contributed by atoms with Crippen LogP contribution in [0.5, 0.6) is 11.5 Å². The van der Waals surface area contributed by atoms with Crippen LogP contribution in [0.15, 0.2) is 48.8 Å². The van der Waals surface area contributed by atoms with E-state index in [1.165, 1.54) is 24.8 Å². The summed E-state index contributed by atoms with van der Waals surface area (Å²) in [7, 11) is 1.69. The molecule has 1 aromatic heterocycles. The van der Waals surface area contributed by atoms with E-state index in [1.807, 2.05) is 42.7 Å². The van der Waals surface area contributed by atoms with Crippen LogP contribution in [0.3, 0.4) is 0 Å². The lowest BCUT2D eigenvalue weighted by Crippen LogP contribution is -2.43. The van der Waals surface area contributed by atoms with E-state index in [0.717, 1.165) is 30.6 Å². The molecule has 2 bridgehead atoms. The molecule has 0 amide bonds. The fraction of sp³-hybridized carbons (Fsp3) is 0.450.